The fourth-order valence-corrected chi connectivity index (χ4v) is 3.85. The van der Waals surface area contributed by atoms with Gasteiger partial charge in [-0.3, -0.25) is 5.43 Å². The molecule has 0 spiro atoms. The molecule has 3 rings (SSSR count). The van der Waals surface area contributed by atoms with Crippen LogP contribution in [0.25, 0.3) is 10.6 Å². The molecule has 0 saturated heterocycles. The number of ether oxygens (including phenoxy) is 1. The number of benzene rings is 1. The van der Waals surface area contributed by atoms with Crippen molar-refractivity contribution in [3.8, 4) is 16.3 Å². The van der Waals surface area contributed by atoms with Crippen LogP contribution in [0.2, 0.25) is 0 Å². The summed E-state index contributed by atoms with van der Waals surface area (Å²) >= 11 is 3.31. The van der Waals surface area contributed by atoms with Gasteiger partial charge in [-0.1, -0.05) is 19.4 Å². The lowest BCUT2D eigenvalue weighted by atomic mass is 10.2. The number of rotatable bonds is 8. The number of nitrogens with one attached hydrogen (secondary N) is 1. The van der Waals surface area contributed by atoms with Crippen LogP contribution < -0.4 is 10.2 Å². The molecule has 3 aromatic rings. The lowest BCUT2D eigenvalue weighted by Crippen LogP contribution is -1.96. The molecule has 130 valence electrons. The quantitative estimate of drug-likeness (QED) is 0.309. The van der Waals surface area contributed by atoms with Crippen LogP contribution in [-0.2, 0) is 0 Å². The van der Waals surface area contributed by atoms with Gasteiger partial charge in [0, 0.05) is 4.88 Å². The molecule has 1 N–H and O–H groups in total. The summed E-state index contributed by atoms with van der Waals surface area (Å²) in [6.45, 7) is 5.00. The first-order valence-electron chi connectivity index (χ1n) is 8.29. The molecule has 0 radical (unpaired) electrons. The molecule has 0 saturated carbocycles. The highest BCUT2D eigenvalue weighted by Crippen LogP contribution is 2.32. The van der Waals surface area contributed by atoms with Gasteiger partial charge in [0.25, 0.3) is 0 Å². The predicted molar refractivity (Wildman–Crippen MR) is 108 cm³/mol. The summed E-state index contributed by atoms with van der Waals surface area (Å²) in [5.41, 5.74) is 5.07. The molecule has 0 atom stereocenters. The summed E-state index contributed by atoms with van der Waals surface area (Å²) < 4.78 is 5.66. The highest BCUT2D eigenvalue weighted by atomic mass is 32.1. The highest BCUT2D eigenvalue weighted by molar-refractivity contribution is 7.17. The van der Waals surface area contributed by atoms with E-state index in [1.165, 1.54) is 9.75 Å². The number of thiazole rings is 1. The van der Waals surface area contributed by atoms with Crippen molar-refractivity contribution in [2.24, 2.45) is 5.10 Å². The maximum atomic E-state index is 5.66. The van der Waals surface area contributed by atoms with E-state index in [0.717, 1.165) is 41.6 Å². The summed E-state index contributed by atoms with van der Waals surface area (Å²) in [7, 11) is 0. The van der Waals surface area contributed by atoms with E-state index >= 15 is 0 Å². The fraction of sp³-hybridized carbons (Fsp3) is 0.263. The Morgan fingerprint density at radius 3 is 2.80 bits per heavy atom. The smallest absolute Gasteiger partial charge is 0.204 e. The number of unbranched alkanes of at least 4 members (excludes halogenated alkanes) is 1. The third-order valence-electron chi connectivity index (χ3n) is 3.57. The Balaban J connectivity index is 1.57. The van der Waals surface area contributed by atoms with Crippen molar-refractivity contribution in [2.45, 2.75) is 26.7 Å². The number of aromatic nitrogens is 1. The standard InChI is InChI=1S/C19H21N3OS2/c1-3-4-11-23-16-9-7-15(8-10-16)13-20-22-19-21-18(14(2)25-19)17-6-5-12-24-17/h5-10,12-13H,3-4,11H2,1-2H3,(H,21,22)/b20-13-. The Labute approximate surface area is 156 Å². The van der Waals surface area contributed by atoms with Gasteiger partial charge in [-0.25, -0.2) is 4.98 Å². The van der Waals surface area contributed by atoms with Gasteiger partial charge in [-0.15, -0.1) is 22.7 Å². The Morgan fingerprint density at radius 1 is 1.24 bits per heavy atom. The topological polar surface area (TPSA) is 46.5 Å². The minimum absolute atomic E-state index is 0.765. The molecule has 2 aromatic heterocycles. The average molecular weight is 372 g/mol. The molecule has 0 unspecified atom stereocenters. The molecule has 0 fully saturated rings. The summed E-state index contributed by atoms with van der Waals surface area (Å²) in [6.07, 6.45) is 4.01. The van der Waals surface area contributed by atoms with Crippen molar-refractivity contribution in [1.29, 1.82) is 0 Å². The maximum absolute atomic E-state index is 5.66. The molecule has 0 bridgehead atoms. The van der Waals surface area contributed by atoms with E-state index in [9.17, 15) is 0 Å². The zero-order valence-corrected chi connectivity index (χ0v) is 16.0. The average Bonchev–Trinajstić information content (AvgIpc) is 3.26. The second-order valence-corrected chi connectivity index (χ2v) is 7.69. The minimum Gasteiger partial charge on any atom is -0.494 e. The van der Waals surface area contributed by atoms with Gasteiger partial charge in [0.05, 0.1) is 23.4 Å². The predicted octanol–water partition coefficient (Wildman–Crippen LogP) is 5.80. The Bertz CT molecular complexity index is 808. The highest BCUT2D eigenvalue weighted by Gasteiger charge is 2.09. The lowest BCUT2D eigenvalue weighted by molar-refractivity contribution is 0.309. The molecule has 4 nitrogen and oxygen atoms in total. The lowest BCUT2D eigenvalue weighted by Gasteiger charge is -2.04. The van der Waals surface area contributed by atoms with Crippen molar-refractivity contribution >= 4 is 34.0 Å². The van der Waals surface area contributed by atoms with E-state index in [0.29, 0.717) is 0 Å². The molecular weight excluding hydrogens is 350 g/mol. The van der Waals surface area contributed by atoms with E-state index in [4.69, 9.17) is 4.74 Å². The first-order valence-corrected chi connectivity index (χ1v) is 9.99. The summed E-state index contributed by atoms with van der Waals surface area (Å²) in [6, 6.07) is 12.1. The largest absolute Gasteiger partial charge is 0.494 e. The van der Waals surface area contributed by atoms with Crippen LogP contribution in [0.3, 0.4) is 0 Å². The van der Waals surface area contributed by atoms with Crippen LogP contribution in [0.1, 0.15) is 30.2 Å². The van der Waals surface area contributed by atoms with Crippen LogP contribution in [-0.4, -0.2) is 17.8 Å². The zero-order valence-electron chi connectivity index (χ0n) is 14.4. The molecule has 0 amide bonds. The number of hydrogen-bond donors (Lipinski definition) is 1. The molecule has 2 heterocycles. The van der Waals surface area contributed by atoms with Crippen LogP contribution in [0.15, 0.2) is 46.9 Å². The number of hydrogen-bond acceptors (Lipinski definition) is 6. The van der Waals surface area contributed by atoms with Crippen LogP contribution in [0, 0.1) is 6.92 Å². The molecule has 0 aliphatic carbocycles. The van der Waals surface area contributed by atoms with Gasteiger partial charge in [0.15, 0.2) is 0 Å². The van der Waals surface area contributed by atoms with E-state index < -0.39 is 0 Å². The maximum Gasteiger partial charge on any atom is 0.204 e. The van der Waals surface area contributed by atoms with Gasteiger partial charge in [-0.2, -0.15) is 5.10 Å². The van der Waals surface area contributed by atoms with Gasteiger partial charge in [0.2, 0.25) is 5.13 Å². The second-order valence-electron chi connectivity index (χ2n) is 5.54. The first-order chi connectivity index (χ1) is 12.3. The van der Waals surface area contributed by atoms with Gasteiger partial charge >= 0.3 is 0 Å². The third kappa shape index (κ3) is 4.90. The minimum atomic E-state index is 0.765. The van der Waals surface area contributed by atoms with Gasteiger partial charge in [0.1, 0.15) is 5.75 Å². The number of thiophene rings is 1. The van der Waals surface area contributed by atoms with Crippen LogP contribution in [0.4, 0.5) is 5.13 Å². The molecule has 0 aliphatic rings. The second kappa shape index (κ2) is 8.78. The van der Waals surface area contributed by atoms with E-state index in [1.807, 2.05) is 30.3 Å². The fourth-order valence-electron chi connectivity index (χ4n) is 2.23. The summed E-state index contributed by atoms with van der Waals surface area (Å²) in [5, 5.41) is 7.16. The Morgan fingerprint density at radius 2 is 2.08 bits per heavy atom. The third-order valence-corrected chi connectivity index (χ3v) is 5.32. The van der Waals surface area contributed by atoms with E-state index in [1.54, 1.807) is 28.9 Å². The summed E-state index contributed by atoms with van der Waals surface area (Å²) in [5.74, 6) is 0.898. The molecular formula is C19H21N3OS2. The van der Waals surface area contributed by atoms with E-state index in [-0.39, 0.29) is 0 Å². The van der Waals surface area contributed by atoms with Gasteiger partial charge in [-0.05, 0) is 54.6 Å². The molecule has 0 aliphatic heterocycles. The van der Waals surface area contributed by atoms with Crippen molar-refractivity contribution in [1.82, 2.24) is 4.98 Å². The molecule has 1 aromatic carbocycles. The Hall–Kier alpha value is -2.18. The number of nitrogens with zero attached hydrogens (tertiary/aromatic N) is 2. The van der Waals surface area contributed by atoms with Crippen molar-refractivity contribution < 1.29 is 4.74 Å². The normalized spacial score (nSPS) is 11.1. The van der Waals surface area contributed by atoms with Crippen molar-refractivity contribution in [3.63, 3.8) is 0 Å². The number of aryl methyl sites for hydroxylation is 1. The van der Waals surface area contributed by atoms with E-state index in [2.05, 4.69) is 40.8 Å². The van der Waals surface area contributed by atoms with Crippen molar-refractivity contribution in [2.75, 3.05) is 12.0 Å². The van der Waals surface area contributed by atoms with Crippen LogP contribution in [0.5, 0.6) is 5.75 Å². The zero-order chi connectivity index (χ0) is 17.5. The monoisotopic (exact) mass is 371 g/mol. The van der Waals surface area contributed by atoms with Crippen LogP contribution >= 0.6 is 22.7 Å². The van der Waals surface area contributed by atoms with Gasteiger partial charge < -0.3 is 4.74 Å². The van der Waals surface area contributed by atoms with Crippen molar-refractivity contribution in [3.05, 3.63) is 52.2 Å². The number of anilines is 1. The molecule has 6 heteroatoms. The number of hydrazone groups is 1. The Kier molecular flexibility index (Phi) is 6.19. The molecule has 25 heavy (non-hydrogen) atoms. The SMILES string of the molecule is CCCCOc1ccc(/C=N\Nc2nc(-c3cccs3)c(C)s2)cc1. The first kappa shape index (κ1) is 17.6. The summed E-state index contributed by atoms with van der Waals surface area (Å²) in [4.78, 5) is 7.00.